The van der Waals surface area contributed by atoms with Gasteiger partial charge >= 0.3 is 48.9 Å². The third-order valence-electron chi connectivity index (χ3n) is 7.09. The Morgan fingerprint density at radius 2 is 0.951 bits per heavy atom. The topological polar surface area (TPSA) is 361 Å². The van der Waals surface area contributed by atoms with Gasteiger partial charge in [-0.05, 0) is 50.2 Å². The first-order chi connectivity index (χ1) is 28.0. The van der Waals surface area contributed by atoms with Crippen molar-refractivity contribution in [3.05, 3.63) is 93.0 Å². The second kappa shape index (κ2) is 22.7. The molecule has 2 N–H and O–H groups in total. The number of anilines is 2. The summed E-state index contributed by atoms with van der Waals surface area (Å²) in [7, 11) is -7.28. The van der Waals surface area contributed by atoms with Crippen LogP contribution in [0, 0.1) is 20.2 Å². The molecule has 4 rings (SSSR count). The number of hydrogen-bond acceptors (Lipinski definition) is 20. The van der Waals surface area contributed by atoms with Crippen molar-refractivity contribution in [1.82, 2.24) is 0 Å². The predicted octanol–water partition coefficient (Wildman–Crippen LogP) is 5.30. The molecule has 0 atom stereocenters. The average Bonchev–Trinajstić information content (AvgIpc) is 3.15. The summed E-state index contributed by atoms with van der Waals surface area (Å²) in [6.07, 6.45) is -0.769. The first kappa shape index (κ1) is 51.3. The third-order valence-corrected chi connectivity index (χ3v) is 8.72. The number of nitro benzene ring substituents is 2. The van der Waals surface area contributed by atoms with Gasteiger partial charge in [-0.25, -0.2) is 16.8 Å². The second-order valence-corrected chi connectivity index (χ2v) is 14.5. The van der Waals surface area contributed by atoms with Crippen molar-refractivity contribution in [2.45, 2.75) is 36.5 Å². The number of azo groups is 2. The molecule has 0 aliphatic carbocycles. The van der Waals surface area contributed by atoms with Gasteiger partial charge in [0.05, 0.1) is 58.1 Å². The average molecular weight is 1010 g/mol. The van der Waals surface area contributed by atoms with Crippen LogP contribution in [-0.2, 0) is 39.4 Å². The Balaban J connectivity index is 0.000000413. The minimum Gasteiger partial charge on any atom is -0.744 e. The number of para-hydroxylation sites is 2. The molecule has 4 aromatic carbocycles. The van der Waals surface area contributed by atoms with Gasteiger partial charge in [-0.2, -0.15) is 10.2 Å². The number of nitrogens with one attached hydrogen (secondary N) is 2. The molecule has 0 saturated heterocycles. The van der Waals surface area contributed by atoms with Crippen LogP contribution >= 0.6 is 0 Å². The van der Waals surface area contributed by atoms with Crippen molar-refractivity contribution in [2.24, 2.45) is 20.5 Å². The molecule has 24 nitrogen and oxygen atoms in total. The van der Waals surface area contributed by atoms with E-state index in [1.165, 1.54) is 64.5 Å². The molecule has 0 aliphatic rings. The largest absolute Gasteiger partial charge is 2.00 e. The number of ketones is 2. The zero-order valence-corrected chi connectivity index (χ0v) is 38.2. The summed E-state index contributed by atoms with van der Waals surface area (Å²) in [5.74, 6) is -1.59. The molecular formula is C34H30BaN8O16S2. The van der Waals surface area contributed by atoms with E-state index in [2.05, 4.69) is 31.1 Å². The van der Waals surface area contributed by atoms with Gasteiger partial charge < -0.3 is 29.2 Å². The smallest absolute Gasteiger partial charge is 0.744 e. The number of carbonyl (C=O) groups is 4. The number of ether oxygens (including phenoxy) is 2. The van der Waals surface area contributed by atoms with E-state index < -0.39 is 63.1 Å². The molecule has 27 heteroatoms. The first-order valence-electron chi connectivity index (χ1n) is 16.3. The van der Waals surface area contributed by atoms with E-state index in [4.69, 9.17) is 9.47 Å². The fraction of sp³-hybridized carbons (Fsp3) is 0.176. The van der Waals surface area contributed by atoms with Crippen molar-refractivity contribution < 1.29 is 64.4 Å². The van der Waals surface area contributed by atoms with E-state index in [0.29, 0.717) is 12.1 Å². The van der Waals surface area contributed by atoms with Crippen LogP contribution in [0.3, 0.4) is 0 Å². The van der Waals surface area contributed by atoms with Crippen LogP contribution in [0.5, 0.6) is 11.5 Å². The van der Waals surface area contributed by atoms with Gasteiger partial charge in [0.25, 0.3) is 11.4 Å². The maximum Gasteiger partial charge on any atom is 2.00 e. The van der Waals surface area contributed by atoms with Gasteiger partial charge in [-0.3, -0.25) is 39.4 Å². The molecule has 4 aromatic rings. The van der Waals surface area contributed by atoms with E-state index in [9.17, 15) is 65.3 Å². The van der Waals surface area contributed by atoms with Crippen LogP contribution < -0.4 is 20.1 Å². The molecule has 0 aliphatic heterocycles. The molecule has 0 spiro atoms. The number of nitrogens with zero attached hydrogens (tertiary/aromatic N) is 6. The zero-order chi connectivity index (χ0) is 44.9. The van der Waals surface area contributed by atoms with Crippen LogP contribution in [0.25, 0.3) is 0 Å². The minimum atomic E-state index is -4.98. The molecule has 0 aromatic heterocycles. The summed E-state index contributed by atoms with van der Waals surface area (Å²) in [5, 5.41) is 42.2. The van der Waals surface area contributed by atoms with E-state index in [1.807, 2.05) is 0 Å². The Labute approximate surface area is 385 Å². The van der Waals surface area contributed by atoms with Gasteiger partial charge in [0.2, 0.25) is 11.8 Å². The standard InChI is InChI=1S/2C17H16N4O8S.Ba/c2*1-10(22)6-16(23)18-17-14(4-3-5-15(17)29-2)20-19-11-7-12(21(24)25)9-13(8-11)30(26,27)28;/h2*3-5,7-9H,6H2,1-2H3,(H,18,23)(H,26,27,28);/q;;+2/p-2. The molecule has 0 radical (unpaired) electrons. The maximum atomic E-state index is 12.0. The van der Waals surface area contributed by atoms with Crippen molar-refractivity contribution in [3.8, 4) is 11.5 Å². The van der Waals surface area contributed by atoms with Gasteiger partial charge in [0.1, 0.15) is 66.1 Å². The molecule has 0 fully saturated rings. The maximum absolute atomic E-state index is 12.0. The normalized spacial score (nSPS) is 11.1. The molecule has 0 bridgehead atoms. The molecular weight excluding hydrogens is 978 g/mol. The van der Waals surface area contributed by atoms with Gasteiger partial charge in [0.15, 0.2) is 0 Å². The van der Waals surface area contributed by atoms with Crippen molar-refractivity contribution in [1.29, 1.82) is 0 Å². The molecule has 0 heterocycles. The number of methoxy groups -OCH3 is 2. The van der Waals surface area contributed by atoms with Crippen LogP contribution in [-0.4, -0.2) is 122 Å². The monoisotopic (exact) mass is 1010 g/mol. The van der Waals surface area contributed by atoms with Crippen molar-refractivity contribution >= 4 is 138 Å². The predicted molar refractivity (Wildman–Crippen MR) is 210 cm³/mol. The van der Waals surface area contributed by atoms with E-state index in [1.54, 1.807) is 0 Å². The first-order valence-corrected chi connectivity index (χ1v) is 19.1. The number of Topliss-reactive ketones (excluding diaryl/α,β-unsaturated/α-hetero) is 2. The number of rotatable bonds is 16. The molecule has 2 amide bonds. The summed E-state index contributed by atoms with van der Waals surface area (Å²) < 4.78 is 77.7. The number of non-ortho nitro benzene ring substituents is 2. The zero-order valence-electron chi connectivity index (χ0n) is 32.1. The quantitative estimate of drug-likeness (QED) is 0.0359. The van der Waals surface area contributed by atoms with Gasteiger partial charge in [-0.15, -0.1) is 10.2 Å². The Hall–Kier alpha value is -5.85. The van der Waals surface area contributed by atoms with Crippen LogP contribution in [0.4, 0.5) is 45.5 Å². The number of nitro groups is 2. The Kier molecular flexibility index (Phi) is 19.1. The molecule has 61 heavy (non-hydrogen) atoms. The molecule has 316 valence electrons. The second-order valence-electron chi connectivity index (χ2n) is 11.8. The summed E-state index contributed by atoms with van der Waals surface area (Å²) in [5.41, 5.74) is -1.60. The van der Waals surface area contributed by atoms with Crippen LogP contribution in [0.2, 0.25) is 0 Å². The van der Waals surface area contributed by atoms with Crippen LogP contribution in [0.15, 0.2) is 103 Å². The SMILES string of the molecule is COc1cccc(N=Nc2cc([N+](=O)[O-])cc(S(=O)(=O)[O-])c2)c1NC(=O)CC(C)=O.COc1cccc(N=Nc2cc([N+](=O)[O-])cc(S(=O)(=O)[O-])c2)c1NC(=O)CC(C)=O.[Ba+2]. The number of carbonyl (C=O) groups excluding carboxylic acids is 4. The van der Waals surface area contributed by atoms with Gasteiger partial charge in [0, 0.05) is 24.3 Å². The van der Waals surface area contributed by atoms with Crippen molar-refractivity contribution in [3.63, 3.8) is 0 Å². The van der Waals surface area contributed by atoms with Crippen molar-refractivity contribution in [2.75, 3.05) is 24.9 Å². The third kappa shape index (κ3) is 15.9. The number of amides is 2. The summed E-state index contributed by atoms with van der Waals surface area (Å²) in [4.78, 5) is 64.7. The van der Waals surface area contributed by atoms with E-state index in [0.717, 1.165) is 24.3 Å². The molecule has 0 saturated carbocycles. The Morgan fingerprint density at radius 3 is 1.23 bits per heavy atom. The van der Waals surface area contributed by atoms with Gasteiger partial charge in [-0.1, -0.05) is 12.1 Å². The summed E-state index contributed by atoms with van der Waals surface area (Å²) in [6, 6.07) is 13.6. The minimum absolute atomic E-state index is 0. The Bertz CT molecular complexity index is 2480. The Morgan fingerprint density at radius 1 is 0.607 bits per heavy atom. The summed E-state index contributed by atoms with van der Waals surface area (Å²) >= 11 is 0. The fourth-order valence-corrected chi connectivity index (χ4v) is 5.65. The fourth-order valence-electron chi connectivity index (χ4n) is 4.59. The number of hydrogen-bond donors (Lipinski definition) is 2. The summed E-state index contributed by atoms with van der Waals surface area (Å²) in [6.45, 7) is 2.48. The number of benzene rings is 4. The van der Waals surface area contributed by atoms with E-state index >= 15 is 0 Å². The van der Waals surface area contributed by atoms with Crippen LogP contribution in [0.1, 0.15) is 26.7 Å². The van der Waals surface area contributed by atoms with E-state index in [-0.39, 0.29) is 119 Å². The molecule has 0 unspecified atom stereocenters.